The molecule has 0 spiro atoms. The minimum absolute atomic E-state index is 0.297. The van der Waals surface area contributed by atoms with Gasteiger partial charge < -0.3 is 15.0 Å². The third kappa shape index (κ3) is 3.58. The van der Waals surface area contributed by atoms with Crippen LogP contribution in [0.5, 0.6) is 0 Å². The van der Waals surface area contributed by atoms with E-state index in [0.717, 1.165) is 19.4 Å². The Labute approximate surface area is 103 Å². The number of likely N-dealkylation sites (tertiary alicyclic amines) is 1. The van der Waals surface area contributed by atoms with Crippen molar-refractivity contribution in [3.05, 3.63) is 0 Å². The van der Waals surface area contributed by atoms with Crippen molar-refractivity contribution < 1.29 is 22.7 Å². The molecule has 0 unspecified atom stereocenters. The summed E-state index contributed by atoms with van der Waals surface area (Å²) in [7, 11) is 0. The van der Waals surface area contributed by atoms with Crippen molar-refractivity contribution >= 4 is 5.91 Å². The van der Waals surface area contributed by atoms with Gasteiger partial charge in [0.15, 0.2) is 0 Å². The van der Waals surface area contributed by atoms with Crippen LogP contribution in [0.15, 0.2) is 0 Å². The van der Waals surface area contributed by atoms with Gasteiger partial charge in [-0.15, -0.1) is 0 Å². The second-order valence-corrected chi connectivity index (χ2v) is 4.87. The van der Waals surface area contributed by atoms with E-state index in [4.69, 9.17) is 0 Å². The molecule has 2 atom stereocenters. The zero-order chi connectivity index (χ0) is 13.2. The predicted molar refractivity (Wildman–Crippen MR) is 58.0 cm³/mol. The third-order valence-corrected chi connectivity index (χ3v) is 3.44. The fraction of sp³-hybridized carbons (Fsp3) is 0.909. The number of rotatable bonds is 3. The largest absolute Gasteiger partial charge is 0.411 e. The van der Waals surface area contributed by atoms with Gasteiger partial charge in [-0.2, -0.15) is 13.2 Å². The second kappa shape index (κ2) is 5.44. The molecule has 2 rings (SSSR count). The summed E-state index contributed by atoms with van der Waals surface area (Å²) in [6.45, 7) is 0.315. The van der Waals surface area contributed by atoms with Crippen LogP contribution in [0, 0.1) is 5.92 Å². The molecule has 18 heavy (non-hydrogen) atoms. The van der Waals surface area contributed by atoms with Gasteiger partial charge in [-0.05, 0) is 25.3 Å². The monoisotopic (exact) mass is 266 g/mol. The summed E-state index contributed by atoms with van der Waals surface area (Å²) in [6, 6.07) is 0.297. The summed E-state index contributed by atoms with van der Waals surface area (Å²) in [6.07, 6.45) is -2.21. The highest BCUT2D eigenvalue weighted by Crippen LogP contribution is 2.24. The number of nitrogens with one attached hydrogen (secondary N) is 1. The molecule has 0 saturated carbocycles. The molecule has 0 aliphatic carbocycles. The van der Waals surface area contributed by atoms with Crippen molar-refractivity contribution in [1.82, 2.24) is 10.2 Å². The van der Waals surface area contributed by atoms with Crippen LogP contribution in [0.3, 0.4) is 0 Å². The van der Waals surface area contributed by atoms with E-state index in [1.807, 2.05) is 0 Å². The maximum absolute atomic E-state index is 11.9. The average molecular weight is 266 g/mol. The summed E-state index contributed by atoms with van der Waals surface area (Å²) in [4.78, 5) is 13.3. The van der Waals surface area contributed by atoms with E-state index in [2.05, 4.69) is 10.1 Å². The summed E-state index contributed by atoms with van der Waals surface area (Å²) in [5.41, 5.74) is 0. The van der Waals surface area contributed by atoms with E-state index in [0.29, 0.717) is 25.0 Å². The van der Waals surface area contributed by atoms with Crippen LogP contribution >= 0.6 is 0 Å². The number of alkyl halides is 3. The number of carbonyl (C=O) groups is 1. The quantitative estimate of drug-likeness (QED) is 0.820. The Morgan fingerprint density at radius 3 is 2.83 bits per heavy atom. The molecule has 0 radical (unpaired) electrons. The first-order valence-electron chi connectivity index (χ1n) is 6.11. The van der Waals surface area contributed by atoms with E-state index < -0.39 is 19.4 Å². The number of carbonyl (C=O) groups excluding carboxylic acids is 1. The minimum Gasteiger partial charge on any atom is -0.362 e. The predicted octanol–water partition coefficient (Wildman–Crippen LogP) is 0.776. The fourth-order valence-electron chi connectivity index (χ4n) is 2.60. The first-order valence-corrected chi connectivity index (χ1v) is 6.11. The lowest BCUT2D eigenvalue weighted by Crippen LogP contribution is -2.41. The number of amides is 1. The molecule has 2 saturated heterocycles. The molecule has 0 bridgehead atoms. The molecular weight excluding hydrogens is 249 g/mol. The number of fused-ring (bicyclic) bond motifs is 1. The lowest BCUT2D eigenvalue weighted by atomic mass is 9.94. The Morgan fingerprint density at radius 2 is 2.17 bits per heavy atom. The van der Waals surface area contributed by atoms with Gasteiger partial charge in [-0.1, -0.05) is 0 Å². The van der Waals surface area contributed by atoms with Crippen molar-refractivity contribution in [2.24, 2.45) is 5.92 Å². The van der Waals surface area contributed by atoms with Crippen molar-refractivity contribution in [3.63, 3.8) is 0 Å². The lowest BCUT2D eigenvalue weighted by molar-refractivity contribution is -0.177. The molecule has 2 aliphatic heterocycles. The van der Waals surface area contributed by atoms with Crippen LogP contribution in [-0.2, 0) is 9.53 Å². The Balaban J connectivity index is 1.73. The number of ether oxygens (including phenoxy) is 1. The maximum atomic E-state index is 11.9. The van der Waals surface area contributed by atoms with Gasteiger partial charge in [-0.3, -0.25) is 4.79 Å². The van der Waals surface area contributed by atoms with E-state index in [1.165, 1.54) is 0 Å². The van der Waals surface area contributed by atoms with E-state index in [-0.39, 0.29) is 5.91 Å². The topological polar surface area (TPSA) is 41.6 Å². The third-order valence-electron chi connectivity index (χ3n) is 3.44. The van der Waals surface area contributed by atoms with Gasteiger partial charge in [-0.25, -0.2) is 0 Å². The normalized spacial score (nSPS) is 28.3. The van der Waals surface area contributed by atoms with E-state index >= 15 is 0 Å². The van der Waals surface area contributed by atoms with Crippen molar-refractivity contribution in [1.29, 1.82) is 0 Å². The SMILES string of the molecule is O=C(COCC(F)(F)F)N1C[C@@H]2CCCN[C@@H]2C1. The Hall–Kier alpha value is -0.820. The van der Waals surface area contributed by atoms with Gasteiger partial charge in [0, 0.05) is 19.1 Å². The molecule has 2 fully saturated rings. The Kier molecular flexibility index (Phi) is 4.11. The van der Waals surface area contributed by atoms with E-state index in [9.17, 15) is 18.0 Å². The highest BCUT2D eigenvalue weighted by molar-refractivity contribution is 5.77. The molecule has 0 aromatic rings. The molecule has 2 aliphatic rings. The van der Waals surface area contributed by atoms with Crippen LogP contribution in [0.25, 0.3) is 0 Å². The first kappa shape index (κ1) is 13.6. The highest BCUT2D eigenvalue weighted by atomic mass is 19.4. The standard InChI is InChI=1S/C11H17F3N2O2/c12-11(13,14)7-18-6-10(17)16-4-8-2-1-3-15-9(8)5-16/h8-9,15H,1-7H2/t8-,9+/m0/s1. The number of hydrogen-bond acceptors (Lipinski definition) is 3. The number of piperidine rings is 1. The maximum Gasteiger partial charge on any atom is 0.411 e. The van der Waals surface area contributed by atoms with Gasteiger partial charge >= 0.3 is 6.18 Å². The minimum atomic E-state index is -4.37. The molecular formula is C11H17F3N2O2. The number of hydrogen-bond donors (Lipinski definition) is 1. The highest BCUT2D eigenvalue weighted by Gasteiger charge is 2.36. The van der Waals surface area contributed by atoms with Crippen LogP contribution in [0.2, 0.25) is 0 Å². The van der Waals surface area contributed by atoms with Crippen LogP contribution in [0.4, 0.5) is 13.2 Å². The van der Waals surface area contributed by atoms with Gasteiger partial charge in [0.1, 0.15) is 13.2 Å². The van der Waals surface area contributed by atoms with Gasteiger partial charge in [0.2, 0.25) is 5.91 Å². The van der Waals surface area contributed by atoms with Crippen molar-refractivity contribution in [2.45, 2.75) is 25.1 Å². The molecule has 0 aromatic heterocycles. The van der Waals surface area contributed by atoms with Gasteiger partial charge in [0.25, 0.3) is 0 Å². The van der Waals surface area contributed by atoms with Crippen molar-refractivity contribution in [2.75, 3.05) is 32.8 Å². The fourth-order valence-corrected chi connectivity index (χ4v) is 2.60. The lowest BCUT2D eigenvalue weighted by Gasteiger charge is -2.24. The van der Waals surface area contributed by atoms with Crippen LogP contribution < -0.4 is 5.32 Å². The zero-order valence-corrected chi connectivity index (χ0v) is 10.0. The molecule has 7 heteroatoms. The second-order valence-electron chi connectivity index (χ2n) is 4.87. The smallest absolute Gasteiger partial charge is 0.362 e. The average Bonchev–Trinajstić information content (AvgIpc) is 2.70. The molecule has 4 nitrogen and oxygen atoms in total. The molecule has 1 amide bonds. The molecule has 0 aromatic carbocycles. The first-order chi connectivity index (χ1) is 8.46. The number of halogens is 3. The Morgan fingerprint density at radius 1 is 1.39 bits per heavy atom. The summed E-state index contributed by atoms with van der Waals surface area (Å²) in [5, 5.41) is 3.33. The molecule has 1 N–H and O–H groups in total. The summed E-state index contributed by atoms with van der Waals surface area (Å²) >= 11 is 0. The number of nitrogens with zero attached hydrogens (tertiary/aromatic N) is 1. The molecule has 104 valence electrons. The van der Waals surface area contributed by atoms with Crippen LogP contribution in [-0.4, -0.2) is 55.9 Å². The van der Waals surface area contributed by atoms with E-state index in [1.54, 1.807) is 4.90 Å². The summed E-state index contributed by atoms with van der Waals surface area (Å²) < 4.78 is 40.0. The Bertz CT molecular complexity index is 295. The summed E-state index contributed by atoms with van der Waals surface area (Å²) in [5.74, 6) is 0.0840. The zero-order valence-electron chi connectivity index (χ0n) is 10.0. The van der Waals surface area contributed by atoms with Crippen LogP contribution in [0.1, 0.15) is 12.8 Å². The van der Waals surface area contributed by atoms with Gasteiger partial charge in [0.05, 0.1) is 0 Å². The molecule has 2 heterocycles. The van der Waals surface area contributed by atoms with Crippen molar-refractivity contribution in [3.8, 4) is 0 Å².